The van der Waals surface area contributed by atoms with Gasteiger partial charge in [0.05, 0.1) is 16.8 Å². The van der Waals surface area contributed by atoms with Gasteiger partial charge >= 0.3 is 0 Å². The fourth-order valence-corrected chi connectivity index (χ4v) is 7.29. The van der Waals surface area contributed by atoms with Gasteiger partial charge in [0.2, 0.25) is 21.8 Å². The number of hydrogen-bond donors (Lipinski definition) is 5. The van der Waals surface area contributed by atoms with E-state index in [-0.39, 0.29) is 42.5 Å². The molecule has 4 aromatic rings. The summed E-state index contributed by atoms with van der Waals surface area (Å²) >= 11 is 5.87. The molecule has 0 aliphatic carbocycles. The number of hydrogen-bond acceptors (Lipinski definition) is 7. The van der Waals surface area contributed by atoms with Crippen molar-refractivity contribution in [2.24, 2.45) is 16.5 Å². The molecule has 0 bridgehead atoms. The van der Waals surface area contributed by atoms with E-state index in [2.05, 4.69) is 20.3 Å². The van der Waals surface area contributed by atoms with E-state index >= 15 is 0 Å². The molecule has 0 aliphatic heterocycles. The van der Waals surface area contributed by atoms with Crippen molar-refractivity contribution in [2.45, 2.75) is 48.7 Å². The Hall–Kier alpha value is -4.98. The third-order valence-electron chi connectivity index (χ3n) is 8.22. The number of rotatable bonds is 18. The number of guanidine groups is 1. The molecule has 270 valence electrons. The standard InChI is InChI=1S/C37H44ClN7O5S/c1-45(2)32-19-9-17-28-27(32)16-10-20-34(28)51(49,50)44-31(23-26-14-7-4-8-15-26)36(48)43-30(22-25-12-5-3-6-13-25)35(47)42-29(33(46)24-38)18-11-21-41-37(39)40/h3-10,12-17,19-20,29-31,44H,11,18,21-24H2,1-2H3,(H,42,47)(H,43,48)(H4,39,40,41)/t29-,30-,31-/m0/s1. The van der Waals surface area contributed by atoms with E-state index in [0.29, 0.717) is 17.4 Å². The van der Waals surface area contributed by atoms with Crippen LogP contribution in [0.1, 0.15) is 24.0 Å². The van der Waals surface area contributed by atoms with Gasteiger partial charge in [0.1, 0.15) is 12.1 Å². The number of nitrogens with one attached hydrogen (secondary N) is 3. The fourth-order valence-electron chi connectivity index (χ4n) is 5.69. The normalized spacial score (nSPS) is 13.1. The average molecular weight is 734 g/mol. The number of sulfonamides is 1. The Balaban J connectivity index is 1.66. The number of benzene rings is 4. The molecule has 7 N–H and O–H groups in total. The molecule has 0 heterocycles. The lowest BCUT2D eigenvalue weighted by Crippen LogP contribution is -2.57. The molecule has 4 aromatic carbocycles. The smallest absolute Gasteiger partial charge is 0.243 e. The number of carbonyl (C=O) groups excluding carboxylic acids is 3. The Bertz CT molecular complexity index is 1940. The highest BCUT2D eigenvalue weighted by Gasteiger charge is 2.32. The quantitative estimate of drug-likeness (QED) is 0.0447. The van der Waals surface area contributed by atoms with Crippen LogP contribution in [-0.2, 0) is 37.2 Å². The van der Waals surface area contributed by atoms with Gasteiger partial charge in [-0.25, -0.2) is 8.42 Å². The van der Waals surface area contributed by atoms with E-state index in [1.807, 2.05) is 43.3 Å². The van der Waals surface area contributed by atoms with Gasteiger partial charge in [0.25, 0.3) is 0 Å². The highest BCUT2D eigenvalue weighted by atomic mass is 35.5. The van der Waals surface area contributed by atoms with Crippen LogP contribution in [0.25, 0.3) is 10.8 Å². The summed E-state index contributed by atoms with van der Waals surface area (Å²) in [5.74, 6) is -2.20. The summed E-state index contributed by atoms with van der Waals surface area (Å²) in [6, 6.07) is 24.9. The van der Waals surface area contributed by atoms with Crippen LogP contribution in [0.2, 0.25) is 0 Å². The zero-order valence-electron chi connectivity index (χ0n) is 28.6. The molecule has 51 heavy (non-hydrogen) atoms. The van der Waals surface area contributed by atoms with Crippen LogP contribution in [0, 0.1) is 0 Å². The first-order valence-electron chi connectivity index (χ1n) is 16.4. The maximum Gasteiger partial charge on any atom is 0.243 e. The molecule has 0 saturated heterocycles. The lowest BCUT2D eigenvalue weighted by atomic mass is 10.0. The average Bonchev–Trinajstić information content (AvgIpc) is 3.11. The van der Waals surface area contributed by atoms with Crippen molar-refractivity contribution >= 4 is 61.6 Å². The van der Waals surface area contributed by atoms with Crippen molar-refractivity contribution in [2.75, 3.05) is 31.4 Å². The van der Waals surface area contributed by atoms with Crippen molar-refractivity contribution in [3.8, 4) is 0 Å². The molecule has 2 amide bonds. The number of aliphatic imine (C=N–C) groups is 1. The number of ketones is 1. The molecule has 3 atom stereocenters. The highest BCUT2D eigenvalue weighted by molar-refractivity contribution is 7.89. The summed E-state index contributed by atoms with van der Waals surface area (Å²) in [5.41, 5.74) is 13.1. The Morgan fingerprint density at radius 1 is 0.745 bits per heavy atom. The van der Waals surface area contributed by atoms with E-state index in [4.69, 9.17) is 23.1 Å². The molecule has 0 aromatic heterocycles. The van der Waals surface area contributed by atoms with Crippen molar-refractivity contribution < 1.29 is 22.8 Å². The second-order valence-corrected chi connectivity index (χ2v) is 14.2. The van der Waals surface area contributed by atoms with E-state index in [0.717, 1.165) is 16.6 Å². The minimum absolute atomic E-state index is 0.00254. The molecule has 0 radical (unpaired) electrons. The largest absolute Gasteiger partial charge is 0.377 e. The van der Waals surface area contributed by atoms with Crippen LogP contribution in [0.4, 0.5) is 5.69 Å². The van der Waals surface area contributed by atoms with Crippen LogP contribution < -0.4 is 31.7 Å². The van der Waals surface area contributed by atoms with Gasteiger partial charge in [-0.05, 0) is 42.5 Å². The monoisotopic (exact) mass is 733 g/mol. The number of Topliss-reactive ketones (excluding diaryl/α,β-unsaturated/α-hetero) is 1. The Kier molecular flexibility index (Phi) is 13.9. The summed E-state index contributed by atoms with van der Waals surface area (Å²) < 4.78 is 30.8. The Morgan fingerprint density at radius 2 is 1.29 bits per heavy atom. The van der Waals surface area contributed by atoms with Gasteiger partial charge in [-0.15, -0.1) is 11.6 Å². The summed E-state index contributed by atoms with van der Waals surface area (Å²) in [6.45, 7) is 0.239. The van der Waals surface area contributed by atoms with E-state index in [1.165, 1.54) is 6.07 Å². The molecule has 0 fully saturated rings. The molecule has 0 unspecified atom stereocenters. The number of nitrogens with two attached hydrogens (primary N) is 2. The van der Waals surface area contributed by atoms with Gasteiger partial charge in [0, 0.05) is 43.5 Å². The minimum atomic E-state index is -4.28. The zero-order valence-corrected chi connectivity index (χ0v) is 30.2. The van der Waals surface area contributed by atoms with Crippen molar-refractivity contribution in [3.05, 3.63) is 108 Å². The lowest BCUT2D eigenvalue weighted by molar-refractivity contribution is -0.131. The predicted octanol–water partition coefficient (Wildman–Crippen LogP) is 2.87. The fraction of sp³-hybridized carbons (Fsp3) is 0.297. The van der Waals surface area contributed by atoms with Gasteiger partial charge in [-0.3, -0.25) is 19.4 Å². The van der Waals surface area contributed by atoms with Crippen LogP contribution in [-0.4, -0.2) is 76.6 Å². The highest BCUT2D eigenvalue weighted by Crippen LogP contribution is 2.30. The molecule has 0 saturated carbocycles. The van der Waals surface area contributed by atoms with Gasteiger partial charge < -0.3 is 27.0 Å². The number of anilines is 1. The van der Waals surface area contributed by atoms with E-state index in [9.17, 15) is 22.8 Å². The summed E-state index contributed by atoms with van der Waals surface area (Å²) in [7, 11) is -0.535. The van der Waals surface area contributed by atoms with Crippen LogP contribution in [0.5, 0.6) is 0 Å². The summed E-state index contributed by atoms with van der Waals surface area (Å²) in [4.78, 5) is 46.6. The number of nitrogens with zero attached hydrogens (tertiary/aromatic N) is 2. The second kappa shape index (κ2) is 18.3. The first kappa shape index (κ1) is 38.8. The molecular formula is C37H44ClN7O5S. The SMILES string of the molecule is CN(C)c1cccc2c(S(=O)(=O)N[C@@H](Cc3ccccc3)C(=O)N[C@@H](Cc3ccccc3)C(=O)N[C@@H](CCCN=C(N)N)C(=O)CCl)cccc12. The van der Waals surface area contributed by atoms with Crippen molar-refractivity contribution in [3.63, 3.8) is 0 Å². The molecular weight excluding hydrogens is 690 g/mol. The Labute approximate surface area is 303 Å². The van der Waals surface area contributed by atoms with E-state index in [1.54, 1.807) is 66.7 Å². The maximum absolute atomic E-state index is 14.2. The number of alkyl halides is 1. The van der Waals surface area contributed by atoms with Crippen molar-refractivity contribution in [1.29, 1.82) is 0 Å². The third-order valence-corrected chi connectivity index (χ3v) is 10.0. The first-order valence-corrected chi connectivity index (χ1v) is 18.5. The van der Waals surface area contributed by atoms with Crippen LogP contribution >= 0.6 is 11.6 Å². The first-order chi connectivity index (χ1) is 24.4. The molecule has 4 rings (SSSR count). The molecule has 12 nitrogen and oxygen atoms in total. The second-order valence-electron chi connectivity index (χ2n) is 12.2. The summed E-state index contributed by atoms with van der Waals surface area (Å²) in [5, 5.41) is 6.74. The molecule has 0 aliphatic rings. The zero-order chi connectivity index (χ0) is 37.0. The lowest BCUT2D eigenvalue weighted by Gasteiger charge is -2.25. The minimum Gasteiger partial charge on any atom is -0.377 e. The van der Waals surface area contributed by atoms with Crippen LogP contribution in [0.3, 0.4) is 0 Å². The van der Waals surface area contributed by atoms with Gasteiger partial charge in [0.15, 0.2) is 11.7 Å². The van der Waals surface area contributed by atoms with Gasteiger partial charge in [-0.1, -0.05) is 84.9 Å². The third kappa shape index (κ3) is 11.0. The van der Waals surface area contributed by atoms with Gasteiger partial charge in [-0.2, -0.15) is 4.72 Å². The molecule has 0 spiro atoms. The number of carbonyl (C=O) groups is 3. The predicted molar refractivity (Wildman–Crippen MR) is 202 cm³/mol. The van der Waals surface area contributed by atoms with Crippen molar-refractivity contribution in [1.82, 2.24) is 15.4 Å². The Morgan fingerprint density at radius 3 is 1.88 bits per heavy atom. The maximum atomic E-state index is 14.2. The summed E-state index contributed by atoms with van der Waals surface area (Å²) in [6.07, 6.45) is 0.649. The number of amides is 2. The number of fused-ring (bicyclic) bond motifs is 1. The number of halogens is 1. The van der Waals surface area contributed by atoms with E-state index < -0.39 is 45.7 Å². The molecule has 14 heteroatoms. The topological polar surface area (TPSA) is 189 Å². The van der Waals surface area contributed by atoms with Crippen LogP contribution in [0.15, 0.2) is 107 Å².